The summed E-state index contributed by atoms with van der Waals surface area (Å²) in [7, 11) is -15.7. The van der Waals surface area contributed by atoms with Crippen LogP contribution in [-0.2, 0) is 19.7 Å². The van der Waals surface area contributed by atoms with Crippen LogP contribution in [0.5, 0.6) is 0 Å². The van der Waals surface area contributed by atoms with Crippen molar-refractivity contribution in [3.8, 4) is 41.8 Å². The zero-order valence-corrected chi connectivity index (χ0v) is 35.0. The molecule has 0 amide bonds. The number of thiophene rings is 4. The van der Waals surface area contributed by atoms with Gasteiger partial charge in [-0.15, -0.1) is 45.3 Å². The molecule has 4 aromatic rings. The second-order valence-electron chi connectivity index (χ2n) is 15.9. The van der Waals surface area contributed by atoms with Crippen LogP contribution < -0.4 is 18.0 Å². The van der Waals surface area contributed by atoms with E-state index < -0.39 is 52.0 Å². The first-order valence-electron chi connectivity index (χ1n) is 14.1. The molecule has 14 heteroatoms. The fourth-order valence-electron chi connectivity index (χ4n) is 6.42. The van der Waals surface area contributed by atoms with E-state index in [1.54, 1.807) is 45.3 Å². The second kappa shape index (κ2) is 8.28. The molecule has 0 N–H and O–H groups in total. The van der Waals surface area contributed by atoms with Crippen molar-refractivity contribution in [2.75, 3.05) is 0 Å². The Morgan fingerprint density at radius 3 is 0.667 bits per heavy atom. The molecule has 42 heavy (non-hydrogen) atoms. The normalized spacial score (nSPS) is 17.8. The van der Waals surface area contributed by atoms with Crippen LogP contribution in [0, 0.1) is 0 Å². The molecule has 2 aliphatic heterocycles. The molecular formula is C28H36O4S6Si4. The third-order valence-corrected chi connectivity index (χ3v) is 32.6. The molecule has 0 saturated heterocycles. The topological polar surface area (TPSA) is 68.3 Å². The summed E-state index contributed by atoms with van der Waals surface area (Å²) < 4.78 is 63.3. The summed E-state index contributed by atoms with van der Waals surface area (Å²) >= 11 is 6.58. The molecule has 0 bridgehead atoms. The van der Waals surface area contributed by atoms with Crippen molar-refractivity contribution in [3.05, 3.63) is 0 Å². The molecule has 0 fully saturated rings. The molecule has 4 nitrogen and oxygen atoms in total. The van der Waals surface area contributed by atoms with Gasteiger partial charge in [0.25, 0.3) is 0 Å². The van der Waals surface area contributed by atoms with Gasteiger partial charge in [0, 0.05) is 40.3 Å². The van der Waals surface area contributed by atoms with Gasteiger partial charge in [0.2, 0.25) is 19.7 Å². The fraction of sp³-hybridized carbons (Fsp3) is 0.429. The van der Waals surface area contributed by atoms with Gasteiger partial charge in [-0.1, -0.05) is 78.6 Å². The van der Waals surface area contributed by atoms with E-state index in [1.807, 2.05) is 0 Å². The summed E-state index contributed by atoms with van der Waals surface area (Å²) in [6.45, 7) is 26.8. The number of rotatable bonds is 4. The molecule has 0 saturated carbocycles. The standard InChI is InChI=1S/C28H36O4S6Si4/c1-39(2,3)25-21-13-14-19(35-26(40(4,5)6)22(14)37(21,29)30)20-16-15-18(17(13)33-25)34-27(41(7,8)9)23(15)38(31,32)24(16)28(36-20)42(10,11)12/h1-12H3. The van der Waals surface area contributed by atoms with E-state index in [2.05, 4.69) is 78.6 Å². The van der Waals surface area contributed by atoms with E-state index in [4.69, 9.17) is 0 Å². The first-order valence-corrected chi connectivity index (χ1v) is 34.3. The number of hydrogen-bond acceptors (Lipinski definition) is 8. The highest BCUT2D eigenvalue weighted by Gasteiger charge is 2.54. The van der Waals surface area contributed by atoms with E-state index in [0.29, 0.717) is 19.6 Å². The van der Waals surface area contributed by atoms with Crippen molar-refractivity contribution < 1.29 is 16.8 Å². The maximum absolute atomic E-state index is 14.8. The van der Waals surface area contributed by atoms with Gasteiger partial charge in [-0.25, -0.2) is 16.8 Å². The molecule has 6 heterocycles. The summed E-state index contributed by atoms with van der Waals surface area (Å²) in [5, 5.41) is 0. The summed E-state index contributed by atoms with van der Waals surface area (Å²) in [6.07, 6.45) is 0. The predicted octanol–water partition coefficient (Wildman–Crippen LogP) is 7.39. The molecule has 4 aromatic heterocycles. The van der Waals surface area contributed by atoms with Crippen LogP contribution in [0.15, 0.2) is 19.6 Å². The smallest absolute Gasteiger partial charge is 0.209 e. The lowest BCUT2D eigenvalue weighted by Crippen LogP contribution is -2.40. The predicted molar refractivity (Wildman–Crippen MR) is 196 cm³/mol. The summed E-state index contributed by atoms with van der Waals surface area (Å²) in [6, 6.07) is 0. The molecular weight excluding hydrogens is 705 g/mol. The molecule has 7 rings (SSSR count). The molecule has 1 aliphatic carbocycles. The first kappa shape index (κ1) is 30.2. The van der Waals surface area contributed by atoms with Gasteiger partial charge in [-0.3, -0.25) is 0 Å². The minimum Gasteiger partial charge on any atom is -0.218 e. The lowest BCUT2D eigenvalue weighted by atomic mass is 9.97. The summed E-state index contributed by atoms with van der Waals surface area (Å²) in [5.74, 6) is 0. The average molecular weight is 741 g/mol. The van der Waals surface area contributed by atoms with Gasteiger partial charge < -0.3 is 0 Å². The Bertz CT molecular complexity index is 1850. The van der Waals surface area contributed by atoms with Crippen molar-refractivity contribution >= 4 is 115 Å². The number of fused-ring (bicyclic) bond motifs is 2. The largest absolute Gasteiger partial charge is 0.218 e. The molecule has 0 aromatic carbocycles. The Labute approximate surface area is 269 Å². The zero-order chi connectivity index (χ0) is 31.1. The third-order valence-electron chi connectivity index (χ3n) is 8.17. The average Bonchev–Trinajstić information content (AvgIpc) is 3.56. The van der Waals surface area contributed by atoms with E-state index in [1.165, 1.54) is 0 Å². The maximum Gasteiger partial charge on any atom is 0.209 e. The monoisotopic (exact) mass is 740 g/mol. The van der Waals surface area contributed by atoms with Gasteiger partial charge in [-0.2, -0.15) is 0 Å². The third kappa shape index (κ3) is 3.62. The SMILES string of the molecule is C[Si](C)(C)c1sc2c3c1S(=O)(=O)c1c([Si](C)(C)C)sc(c1-3)-c1sc([Si](C)(C)C)c3c1-c1c-2sc([Si](C)(C)C)c1S3(=O)=O. The molecule has 224 valence electrons. The Morgan fingerprint density at radius 2 is 0.524 bits per heavy atom. The highest BCUT2D eigenvalue weighted by atomic mass is 32.2. The Hall–Kier alpha value is -0.432. The van der Waals surface area contributed by atoms with Crippen LogP contribution in [-0.4, -0.2) is 49.1 Å². The lowest BCUT2D eigenvalue weighted by Gasteiger charge is -2.18. The van der Waals surface area contributed by atoms with Gasteiger partial charge in [0.05, 0.1) is 71.4 Å². The van der Waals surface area contributed by atoms with E-state index >= 15 is 0 Å². The van der Waals surface area contributed by atoms with Crippen molar-refractivity contribution in [1.29, 1.82) is 0 Å². The Kier molecular flexibility index (Phi) is 5.96. The highest BCUT2D eigenvalue weighted by molar-refractivity contribution is 7.94. The number of hydrogen-bond donors (Lipinski definition) is 0. The van der Waals surface area contributed by atoms with Crippen LogP contribution in [0.4, 0.5) is 0 Å². The van der Waals surface area contributed by atoms with Crippen LogP contribution in [0.2, 0.25) is 78.6 Å². The van der Waals surface area contributed by atoms with E-state index in [-0.39, 0.29) is 0 Å². The van der Waals surface area contributed by atoms with Gasteiger partial charge in [0.1, 0.15) is 0 Å². The van der Waals surface area contributed by atoms with Crippen LogP contribution in [0.1, 0.15) is 0 Å². The second-order valence-corrected chi connectivity index (χ2v) is 45.0. The van der Waals surface area contributed by atoms with E-state index in [0.717, 1.165) is 59.8 Å². The van der Waals surface area contributed by atoms with Gasteiger partial charge in [-0.05, 0) is 0 Å². The van der Waals surface area contributed by atoms with Gasteiger partial charge >= 0.3 is 0 Å². The molecule has 0 atom stereocenters. The zero-order valence-electron chi connectivity index (χ0n) is 26.1. The molecule has 0 unspecified atom stereocenters. The number of sulfone groups is 2. The molecule has 0 radical (unpaired) electrons. The van der Waals surface area contributed by atoms with Crippen molar-refractivity contribution in [2.24, 2.45) is 0 Å². The minimum absolute atomic E-state index is 0.545. The Morgan fingerprint density at radius 1 is 0.357 bits per heavy atom. The fourth-order valence-corrected chi connectivity index (χ4v) is 30.5. The minimum atomic E-state index is -3.71. The lowest BCUT2D eigenvalue weighted by molar-refractivity contribution is 0.598. The van der Waals surface area contributed by atoms with Crippen molar-refractivity contribution in [3.63, 3.8) is 0 Å². The van der Waals surface area contributed by atoms with Crippen molar-refractivity contribution in [2.45, 2.75) is 98.1 Å². The maximum atomic E-state index is 14.8. The summed E-state index contributed by atoms with van der Waals surface area (Å²) in [5.41, 5.74) is 3.53. The van der Waals surface area contributed by atoms with Gasteiger partial charge in [0.15, 0.2) is 0 Å². The quantitative estimate of drug-likeness (QED) is 0.177. The summed E-state index contributed by atoms with van der Waals surface area (Å²) in [4.78, 5) is 6.15. The molecule has 3 aliphatic rings. The molecule has 0 spiro atoms. The highest BCUT2D eigenvalue weighted by Crippen LogP contribution is 2.65. The van der Waals surface area contributed by atoms with Crippen LogP contribution in [0.25, 0.3) is 41.8 Å². The van der Waals surface area contributed by atoms with Crippen LogP contribution >= 0.6 is 45.3 Å². The van der Waals surface area contributed by atoms with Crippen molar-refractivity contribution in [1.82, 2.24) is 0 Å². The van der Waals surface area contributed by atoms with Crippen LogP contribution in [0.3, 0.4) is 0 Å². The Balaban J connectivity index is 1.81. The van der Waals surface area contributed by atoms with E-state index in [9.17, 15) is 16.8 Å². The first-order chi connectivity index (χ1) is 18.9.